The minimum Gasteiger partial charge on any atom is -0.456 e. The summed E-state index contributed by atoms with van der Waals surface area (Å²) in [5.41, 5.74) is 1.48. The number of rotatable bonds is 3. The number of nitriles is 1. The summed E-state index contributed by atoms with van der Waals surface area (Å²) < 4.78 is 11.7. The van der Waals surface area contributed by atoms with Gasteiger partial charge in [-0.2, -0.15) is 10.4 Å². The molecule has 1 aliphatic heterocycles. The Kier molecular flexibility index (Phi) is 3.16. The van der Waals surface area contributed by atoms with Crippen molar-refractivity contribution in [3.05, 3.63) is 48.4 Å². The van der Waals surface area contributed by atoms with Crippen molar-refractivity contribution in [2.45, 2.75) is 13.2 Å². The molecule has 1 aromatic heterocycles. The first-order valence-corrected chi connectivity index (χ1v) is 6.27. The summed E-state index contributed by atoms with van der Waals surface area (Å²) in [6.07, 6.45) is 3.66. The minimum absolute atomic E-state index is 0.199. The Morgan fingerprint density at radius 2 is 2.33 bits per heavy atom. The predicted molar refractivity (Wildman–Crippen MR) is 74.3 cm³/mol. The van der Waals surface area contributed by atoms with Gasteiger partial charge in [-0.05, 0) is 13.0 Å². The molecule has 3 rings (SSSR count). The summed E-state index contributed by atoms with van der Waals surface area (Å²) in [6, 6.07) is 9.53. The van der Waals surface area contributed by atoms with E-state index in [0.29, 0.717) is 5.57 Å². The van der Waals surface area contributed by atoms with Gasteiger partial charge in [0.2, 0.25) is 0 Å². The van der Waals surface area contributed by atoms with Gasteiger partial charge < -0.3 is 9.47 Å². The normalized spacial score (nSPS) is 18.3. The second-order valence-electron chi connectivity index (χ2n) is 4.49. The zero-order chi connectivity index (χ0) is 14.8. The number of ether oxygens (including phenoxy) is 2. The molecule has 2 aromatic rings. The molecule has 0 radical (unpaired) electrons. The van der Waals surface area contributed by atoms with E-state index in [2.05, 4.69) is 5.10 Å². The van der Waals surface area contributed by atoms with Crippen LogP contribution in [0.5, 0.6) is 0 Å². The lowest BCUT2D eigenvalue weighted by atomic mass is 10.2. The Morgan fingerprint density at radius 1 is 1.52 bits per heavy atom. The number of carbonyl (C=O) groups excluding carboxylic acids is 1. The third kappa shape index (κ3) is 2.37. The lowest BCUT2D eigenvalue weighted by Crippen LogP contribution is -2.10. The number of cyclic esters (lactones) is 1. The van der Waals surface area contributed by atoms with Crippen LogP contribution in [-0.2, 0) is 14.3 Å². The molecule has 0 saturated heterocycles. The molecule has 1 aromatic carbocycles. The summed E-state index contributed by atoms with van der Waals surface area (Å²) in [7, 11) is 0. The predicted octanol–water partition coefficient (Wildman–Crippen LogP) is 2.20. The highest BCUT2D eigenvalue weighted by Crippen LogP contribution is 2.18. The van der Waals surface area contributed by atoms with Crippen molar-refractivity contribution < 1.29 is 14.3 Å². The van der Waals surface area contributed by atoms with E-state index < -0.39 is 12.3 Å². The van der Waals surface area contributed by atoms with Crippen molar-refractivity contribution in [3.8, 4) is 6.07 Å². The Morgan fingerprint density at radius 3 is 3.05 bits per heavy atom. The average molecular weight is 281 g/mol. The van der Waals surface area contributed by atoms with Gasteiger partial charge in [0.25, 0.3) is 6.29 Å². The topological polar surface area (TPSA) is 77.1 Å². The maximum absolute atomic E-state index is 11.2. The van der Waals surface area contributed by atoms with E-state index >= 15 is 0 Å². The van der Waals surface area contributed by atoms with Crippen LogP contribution in [0.4, 0.5) is 0 Å². The van der Waals surface area contributed by atoms with Crippen LogP contribution in [-0.4, -0.2) is 22.0 Å². The van der Waals surface area contributed by atoms with Crippen LogP contribution in [0.25, 0.3) is 16.6 Å². The van der Waals surface area contributed by atoms with E-state index in [0.717, 1.165) is 10.9 Å². The van der Waals surface area contributed by atoms with Gasteiger partial charge in [0, 0.05) is 17.0 Å². The highest BCUT2D eigenvalue weighted by atomic mass is 16.7. The molecule has 0 spiro atoms. The second-order valence-corrected chi connectivity index (χ2v) is 4.49. The number of allylic oxidation sites excluding steroid dienone is 1. The number of hydrogen-bond donors (Lipinski definition) is 0. The van der Waals surface area contributed by atoms with Crippen molar-refractivity contribution in [2.75, 3.05) is 0 Å². The zero-order valence-corrected chi connectivity index (χ0v) is 11.2. The molecule has 0 N–H and O–H groups in total. The molecule has 1 aliphatic rings. The molecule has 0 fully saturated rings. The zero-order valence-electron chi connectivity index (χ0n) is 11.2. The van der Waals surface area contributed by atoms with E-state index in [-0.39, 0.29) is 5.70 Å². The fraction of sp³-hybridized carbons (Fsp3) is 0.133. The number of carbonyl (C=O) groups is 1. The molecule has 6 nitrogen and oxygen atoms in total. The van der Waals surface area contributed by atoms with Crippen LogP contribution in [0.3, 0.4) is 0 Å². The summed E-state index contributed by atoms with van der Waals surface area (Å²) in [6.45, 7) is 1.64. The fourth-order valence-corrected chi connectivity index (χ4v) is 1.99. The summed E-state index contributed by atoms with van der Waals surface area (Å²) in [5, 5.41) is 14.3. The smallest absolute Gasteiger partial charge is 0.336 e. The molecular formula is C15H11N3O3. The van der Waals surface area contributed by atoms with Crippen molar-refractivity contribution in [1.82, 2.24) is 9.78 Å². The van der Waals surface area contributed by atoms with E-state index in [4.69, 9.17) is 9.47 Å². The molecule has 104 valence electrons. The quantitative estimate of drug-likeness (QED) is 0.489. The first kappa shape index (κ1) is 12.9. The second kappa shape index (κ2) is 5.13. The van der Waals surface area contributed by atoms with Crippen molar-refractivity contribution in [3.63, 3.8) is 0 Å². The number of esters is 1. The van der Waals surface area contributed by atoms with Crippen LogP contribution >= 0.6 is 0 Å². The van der Waals surface area contributed by atoms with Crippen LogP contribution < -0.4 is 0 Å². The highest BCUT2D eigenvalue weighted by molar-refractivity contribution is 5.90. The molecule has 0 aliphatic carbocycles. The van der Waals surface area contributed by atoms with Gasteiger partial charge in [0.15, 0.2) is 5.70 Å². The molecule has 21 heavy (non-hydrogen) atoms. The Hall–Kier alpha value is -3.07. The number of para-hydroxylation sites is 1. The van der Waals surface area contributed by atoms with Gasteiger partial charge in [0.1, 0.15) is 12.3 Å². The SMILES string of the molecule is CC1=CC(OC=C(C#N)n2ncc3ccccc32)OC1=O. The van der Waals surface area contributed by atoms with Gasteiger partial charge in [-0.25, -0.2) is 9.48 Å². The molecule has 0 amide bonds. The van der Waals surface area contributed by atoms with E-state index in [9.17, 15) is 10.1 Å². The van der Waals surface area contributed by atoms with Gasteiger partial charge in [-0.15, -0.1) is 0 Å². The Balaban J connectivity index is 1.87. The molecule has 1 atom stereocenters. The minimum atomic E-state index is -0.803. The van der Waals surface area contributed by atoms with E-state index in [1.165, 1.54) is 10.9 Å². The lowest BCUT2D eigenvalue weighted by molar-refractivity contribution is -0.152. The maximum atomic E-state index is 11.2. The van der Waals surface area contributed by atoms with Crippen molar-refractivity contribution in [1.29, 1.82) is 5.26 Å². The molecule has 2 heterocycles. The summed E-state index contributed by atoms with van der Waals surface area (Å²) >= 11 is 0. The molecule has 6 heteroatoms. The lowest BCUT2D eigenvalue weighted by Gasteiger charge is -2.08. The average Bonchev–Trinajstić information content (AvgIpc) is 3.05. The van der Waals surface area contributed by atoms with Gasteiger partial charge in [-0.3, -0.25) is 0 Å². The summed E-state index contributed by atoms with van der Waals surface area (Å²) in [5.74, 6) is -0.420. The highest BCUT2D eigenvalue weighted by Gasteiger charge is 2.22. The van der Waals surface area contributed by atoms with Crippen LogP contribution in [0, 0.1) is 11.3 Å². The number of hydrogen-bond acceptors (Lipinski definition) is 5. The number of benzene rings is 1. The van der Waals surface area contributed by atoms with Crippen LogP contribution in [0.1, 0.15) is 6.92 Å². The molecule has 0 saturated carbocycles. The van der Waals surface area contributed by atoms with Crippen LogP contribution in [0.15, 0.2) is 48.4 Å². The third-order valence-corrected chi connectivity index (χ3v) is 3.07. The number of nitrogens with zero attached hydrogens (tertiary/aromatic N) is 3. The van der Waals surface area contributed by atoms with Crippen molar-refractivity contribution >= 4 is 22.6 Å². The first-order chi connectivity index (χ1) is 10.2. The van der Waals surface area contributed by atoms with E-state index in [1.54, 1.807) is 19.2 Å². The summed E-state index contributed by atoms with van der Waals surface area (Å²) in [4.78, 5) is 11.2. The Bertz CT molecular complexity index is 811. The van der Waals surface area contributed by atoms with E-state index in [1.807, 2.05) is 30.3 Å². The monoisotopic (exact) mass is 281 g/mol. The largest absolute Gasteiger partial charge is 0.456 e. The molecule has 1 unspecified atom stereocenters. The molecular weight excluding hydrogens is 270 g/mol. The third-order valence-electron chi connectivity index (χ3n) is 3.07. The number of fused-ring (bicyclic) bond motifs is 1. The number of aromatic nitrogens is 2. The Labute approximate surface area is 120 Å². The van der Waals surface area contributed by atoms with Gasteiger partial charge in [-0.1, -0.05) is 18.2 Å². The fourth-order valence-electron chi connectivity index (χ4n) is 1.99. The van der Waals surface area contributed by atoms with Crippen LogP contribution in [0.2, 0.25) is 0 Å². The standard InChI is InChI=1S/C15H11N3O3/c1-10-6-14(21-15(10)19)20-9-12(7-16)18-13-5-3-2-4-11(13)8-17-18/h2-6,8-9,14H,1H3. The van der Waals surface area contributed by atoms with Gasteiger partial charge >= 0.3 is 5.97 Å². The first-order valence-electron chi connectivity index (χ1n) is 6.27. The van der Waals surface area contributed by atoms with Gasteiger partial charge in [0.05, 0.1) is 11.7 Å². The maximum Gasteiger partial charge on any atom is 0.336 e. The van der Waals surface area contributed by atoms with Crippen molar-refractivity contribution in [2.24, 2.45) is 0 Å². The molecule has 0 bridgehead atoms.